The van der Waals surface area contributed by atoms with Crippen LogP contribution in [0.25, 0.3) is 0 Å². The predicted octanol–water partition coefficient (Wildman–Crippen LogP) is 5.28. The highest BCUT2D eigenvalue weighted by atomic mass is 32.2. The minimum atomic E-state index is -3.72. The van der Waals surface area contributed by atoms with E-state index in [1.807, 2.05) is 31.2 Å². The molecule has 0 heterocycles. The van der Waals surface area contributed by atoms with Gasteiger partial charge in [0.15, 0.2) is 0 Å². The Labute approximate surface area is 196 Å². The standard InChI is InChI=1S/C26H31N3O3S/c1-5-29(19(2)3)18-21-12-14-22(15-13-21)26(30)27-23-16-11-20(4)25(17-23)28-33(31,32)24-9-7-6-8-10-24/h6-17,19,28H,5,18H2,1-4H3,(H,27,30). The molecule has 3 aromatic rings. The van der Waals surface area contributed by atoms with E-state index < -0.39 is 10.0 Å². The van der Waals surface area contributed by atoms with Crippen LogP contribution in [0.4, 0.5) is 11.4 Å². The molecule has 0 fully saturated rings. The van der Waals surface area contributed by atoms with Crippen molar-refractivity contribution in [1.29, 1.82) is 0 Å². The number of hydrogen-bond donors (Lipinski definition) is 2. The summed E-state index contributed by atoms with van der Waals surface area (Å²) in [4.78, 5) is 15.3. The first-order valence-electron chi connectivity index (χ1n) is 11.0. The van der Waals surface area contributed by atoms with Crippen LogP contribution < -0.4 is 10.0 Å². The van der Waals surface area contributed by atoms with E-state index in [-0.39, 0.29) is 10.8 Å². The van der Waals surface area contributed by atoms with Crippen LogP contribution in [0.5, 0.6) is 0 Å². The molecule has 0 radical (unpaired) electrons. The van der Waals surface area contributed by atoms with E-state index in [2.05, 4.69) is 35.7 Å². The molecule has 0 saturated heterocycles. The molecule has 3 rings (SSSR count). The van der Waals surface area contributed by atoms with Gasteiger partial charge in [0.25, 0.3) is 15.9 Å². The topological polar surface area (TPSA) is 78.5 Å². The molecular formula is C26H31N3O3S. The fourth-order valence-corrected chi connectivity index (χ4v) is 4.61. The summed E-state index contributed by atoms with van der Waals surface area (Å²) in [5.41, 5.74) is 3.37. The highest BCUT2D eigenvalue weighted by Crippen LogP contribution is 2.24. The number of amides is 1. The van der Waals surface area contributed by atoms with Crippen molar-refractivity contribution in [2.45, 2.75) is 45.2 Å². The summed E-state index contributed by atoms with van der Waals surface area (Å²) >= 11 is 0. The first kappa shape index (κ1) is 24.5. The normalized spacial score (nSPS) is 11.6. The Balaban J connectivity index is 1.72. The molecule has 0 aromatic heterocycles. The van der Waals surface area contributed by atoms with E-state index in [0.29, 0.717) is 23.0 Å². The second kappa shape index (κ2) is 10.6. The van der Waals surface area contributed by atoms with Gasteiger partial charge in [0, 0.05) is 23.8 Å². The molecule has 33 heavy (non-hydrogen) atoms. The summed E-state index contributed by atoms with van der Waals surface area (Å²) in [6, 6.07) is 21.3. The first-order chi connectivity index (χ1) is 15.7. The lowest BCUT2D eigenvalue weighted by atomic mass is 10.1. The van der Waals surface area contributed by atoms with Gasteiger partial charge in [-0.05, 0) is 74.8 Å². The van der Waals surface area contributed by atoms with Gasteiger partial charge in [0.2, 0.25) is 0 Å². The Bertz CT molecular complexity index is 1190. The SMILES string of the molecule is CCN(Cc1ccc(C(=O)Nc2ccc(C)c(NS(=O)(=O)c3ccccc3)c2)cc1)C(C)C. The van der Waals surface area contributed by atoms with Crippen molar-refractivity contribution in [3.05, 3.63) is 89.5 Å². The van der Waals surface area contributed by atoms with Crippen molar-refractivity contribution in [2.75, 3.05) is 16.6 Å². The van der Waals surface area contributed by atoms with Gasteiger partial charge in [-0.15, -0.1) is 0 Å². The van der Waals surface area contributed by atoms with Gasteiger partial charge in [-0.1, -0.05) is 43.3 Å². The Kier molecular flexibility index (Phi) is 7.89. The number of sulfonamides is 1. The molecule has 0 aliphatic rings. The number of aryl methyl sites for hydroxylation is 1. The quantitative estimate of drug-likeness (QED) is 0.451. The zero-order valence-corrected chi connectivity index (χ0v) is 20.3. The molecule has 6 nitrogen and oxygen atoms in total. The average Bonchev–Trinajstić information content (AvgIpc) is 2.80. The highest BCUT2D eigenvalue weighted by molar-refractivity contribution is 7.92. The molecule has 1 amide bonds. The van der Waals surface area contributed by atoms with E-state index in [9.17, 15) is 13.2 Å². The maximum Gasteiger partial charge on any atom is 0.261 e. The number of anilines is 2. The van der Waals surface area contributed by atoms with Crippen LogP contribution >= 0.6 is 0 Å². The molecule has 0 aliphatic heterocycles. The van der Waals surface area contributed by atoms with Crippen LogP contribution in [0.15, 0.2) is 77.7 Å². The second-order valence-electron chi connectivity index (χ2n) is 8.26. The van der Waals surface area contributed by atoms with Crippen LogP contribution in [0, 0.1) is 6.92 Å². The first-order valence-corrected chi connectivity index (χ1v) is 12.5. The van der Waals surface area contributed by atoms with Gasteiger partial charge >= 0.3 is 0 Å². The third-order valence-electron chi connectivity index (χ3n) is 5.53. The summed E-state index contributed by atoms with van der Waals surface area (Å²) in [6.45, 7) is 10.1. The van der Waals surface area contributed by atoms with Crippen molar-refractivity contribution in [2.24, 2.45) is 0 Å². The Morgan fingerprint density at radius 2 is 1.64 bits per heavy atom. The molecule has 0 atom stereocenters. The third-order valence-corrected chi connectivity index (χ3v) is 6.91. The minimum absolute atomic E-state index is 0.179. The van der Waals surface area contributed by atoms with Crippen molar-refractivity contribution in [1.82, 2.24) is 4.90 Å². The molecule has 2 N–H and O–H groups in total. The lowest BCUT2D eigenvalue weighted by Gasteiger charge is -2.24. The van der Waals surface area contributed by atoms with Crippen molar-refractivity contribution in [3.63, 3.8) is 0 Å². The van der Waals surface area contributed by atoms with E-state index >= 15 is 0 Å². The molecule has 3 aromatic carbocycles. The molecule has 0 unspecified atom stereocenters. The zero-order chi connectivity index (χ0) is 24.0. The maximum absolute atomic E-state index is 12.8. The maximum atomic E-state index is 12.8. The summed E-state index contributed by atoms with van der Waals surface area (Å²) in [5, 5.41) is 2.86. The molecule has 0 aliphatic carbocycles. The van der Waals surface area contributed by atoms with Crippen molar-refractivity contribution in [3.8, 4) is 0 Å². The Hall–Kier alpha value is -3.16. The van der Waals surface area contributed by atoms with Crippen LogP contribution in [-0.4, -0.2) is 31.8 Å². The van der Waals surface area contributed by atoms with E-state index in [1.165, 1.54) is 12.1 Å². The summed E-state index contributed by atoms with van der Waals surface area (Å²) in [7, 11) is -3.72. The molecular weight excluding hydrogens is 434 g/mol. The van der Waals surface area contributed by atoms with Gasteiger partial charge in [-0.25, -0.2) is 8.42 Å². The largest absolute Gasteiger partial charge is 0.322 e. The highest BCUT2D eigenvalue weighted by Gasteiger charge is 2.16. The molecule has 7 heteroatoms. The van der Waals surface area contributed by atoms with Crippen LogP contribution in [0.2, 0.25) is 0 Å². The number of carbonyl (C=O) groups is 1. The number of hydrogen-bond acceptors (Lipinski definition) is 4. The fraction of sp³-hybridized carbons (Fsp3) is 0.269. The second-order valence-corrected chi connectivity index (χ2v) is 9.94. The van der Waals surface area contributed by atoms with Crippen LogP contribution in [0.3, 0.4) is 0 Å². The molecule has 0 bridgehead atoms. The van der Waals surface area contributed by atoms with Gasteiger partial charge in [0.05, 0.1) is 10.6 Å². The summed E-state index contributed by atoms with van der Waals surface area (Å²) in [5.74, 6) is -0.251. The van der Waals surface area contributed by atoms with E-state index in [4.69, 9.17) is 0 Å². The van der Waals surface area contributed by atoms with E-state index in [0.717, 1.165) is 24.2 Å². The molecule has 0 spiro atoms. The number of rotatable bonds is 9. The van der Waals surface area contributed by atoms with Crippen LogP contribution in [-0.2, 0) is 16.6 Å². The van der Waals surface area contributed by atoms with Crippen LogP contribution in [0.1, 0.15) is 42.3 Å². The van der Waals surface area contributed by atoms with E-state index in [1.54, 1.807) is 36.4 Å². The smallest absolute Gasteiger partial charge is 0.261 e. The predicted molar refractivity (Wildman–Crippen MR) is 134 cm³/mol. The average molecular weight is 466 g/mol. The molecule has 174 valence electrons. The zero-order valence-electron chi connectivity index (χ0n) is 19.5. The van der Waals surface area contributed by atoms with Gasteiger partial charge in [-0.2, -0.15) is 0 Å². The van der Waals surface area contributed by atoms with Crippen molar-refractivity contribution >= 4 is 27.3 Å². The van der Waals surface area contributed by atoms with Crippen molar-refractivity contribution < 1.29 is 13.2 Å². The molecule has 0 saturated carbocycles. The van der Waals surface area contributed by atoms with Gasteiger partial charge in [-0.3, -0.25) is 14.4 Å². The minimum Gasteiger partial charge on any atom is -0.322 e. The summed E-state index contributed by atoms with van der Waals surface area (Å²) < 4.78 is 28.0. The fourth-order valence-electron chi connectivity index (χ4n) is 3.47. The summed E-state index contributed by atoms with van der Waals surface area (Å²) in [6.07, 6.45) is 0. The van der Waals surface area contributed by atoms with Gasteiger partial charge < -0.3 is 5.32 Å². The lowest BCUT2D eigenvalue weighted by Crippen LogP contribution is -2.29. The number of nitrogens with one attached hydrogen (secondary N) is 2. The Morgan fingerprint density at radius 1 is 0.970 bits per heavy atom. The third kappa shape index (κ3) is 6.43. The number of carbonyl (C=O) groups excluding carboxylic acids is 1. The van der Waals surface area contributed by atoms with Gasteiger partial charge in [0.1, 0.15) is 0 Å². The number of nitrogens with zero attached hydrogens (tertiary/aromatic N) is 1. The Morgan fingerprint density at radius 3 is 2.24 bits per heavy atom. The number of benzene rings is 3. The monoisotopic (exact) mass is 465 g/mol. The lowest BCUT2D eigenvalue weighted by molar-refractivity contribution is 0.102.